The van der Waals surface area contributed by atoms with Crippen LogP contribution in [0, 0.1) is 6.92 Å². The van der Waals surface area contributed by atoms with Crippen molar-refractivity contribution in [3.63, 3.8) is 0 Å². The molecule has 1 aromatic carbocycles. The van der Waals surface area contributed by atoms with E-state index in [-0.39, 0.29) is 0 Å². The van der Waals surface area contributed by atoms with Crippen LogP contribution in [-0.2, 0) is 13.1 Å². The fourth-order valence-electron chi connectivity index (χ4n) is 4.29. The van der Waals surface area contributed by atoms with Gasteiger partial charge in [0.1, 0.15) is 5.82 Å². The third-order valence-corrected chi connectivity index (χ3v) is 5.86. The van der Waals surface area contributed by atoms with Crippen molar-refractivity contribution < 1.29 is 4.42 Å². The zero-order valence-electron chi connectivity index (χ0n) is 15.2. The van der Waals surface area contributed by atoms with Crippen molar-refractivity contribution in [2.45, 2.75) is 57.5 Å². The Morgan fingerprint density at radius 2 is 1.74 bits per heavy atom. The van der Waals surface area contributed by atoms with Gasteiger partial charge in [-0.3, -0.25) is 4.57 Å². The van der Waals surface area contributed by atoms with Crippen LogP contribution in [-0.4, -0.2) is 29.4 Å². The van der Waals surface area contributed by atoms with Gasteiger partial charge in [0.2, 0.25) is 11.8 Å². The summed E-state index contributed by atoms with van der Waals surface area (Å²) in [5.74, 6) is 4.08. The number of hydrogen-bond donors (Lipinski definition) is 0. The molecule has 0 unspecified atom stereocenters. The van der Waals surface area contributed by atoms with Crippen LogP contribution in [0.25, 0.3) is 5.69 Å². The molecule has 1 fully saturated rings. The minimum absolute atomic E-state index is 0.347. The predicted molar refractivity (Wildman–Crippen MR) is 99.4 cm³/mol. The van der Waals surface area contributed by atoms with Gasteiger partial charge in [-0.15, -0.1) is 20.4 Å². The minimum Gasteiger partial charge on any atom is -0.425 e. The summed E-state index contributed by atoms with van der Waals surface area (Å²) in [6.45, 7) is 3.12. The van der Waals surface area contributed by atoms with Crippen LogP contribution >= 0.6 is 11.8 Å². The van der Waals surface area contributed by atoms with Gasteiger partial charge in [-0.1, -0.05) is 18.2 Å². The highest BCUT2D eigenvalue weighted by Gasteiger charge is 2.32. The molecule has 27 heavy (non-hydrogen) atoms. The zero-order valence-corrected chi connectivity index (χ0v) is 15.9. The molecule has 0 bridgehead atoms. The molecule has 0 spiro atoms. The summed E-state index contributed by atoms with van der Waals surface area (Å²) >= 11 is 6.39. The lowest BCUT2D eigenvalue weighted by atomic mass is 9.81. The monoisotopic (exact) mass is 384 g/mol. The van der Waals surface area contributed by atoms with Crippen molar-refractivity contribution in [2.24, 2.45) is 0 Å². The summed E-state index contributed by atoms with van der Waals surface area (Å²) < 4.78 is 9.63. The summed E-state index contributed by atoms with van der Waals surface area (Å²) in [6, 6.07) is 8.37. The SMILES string of the molecule is Cc1nnc(C2CCC(c3nnc4n3-c3ccccc3CN(Cl)C4)CC2)o1. The van der Waals surface area contributed by atoms with E-state index in [0.717, 1.165) is 48.9 Å². The highest BCUT2D eigenvalue weighted by atomic mass is 35.5. The molecule has 0 atom stereocenters. The number of fused-ring (bicyclic) bond motifs is 3. The van der Waals surface area contributed by atoms with E-state index in [2.05, 4.69) is 49.2 Å². The van der Waals surface area contributed by atoms with Gasteiger partial charge >= 0.3 is 0 Å². The molecule has 3 heterocycles. The van der Waals surface area contributed by atoms with Gasteiger partial charge in [0.15, 0.2) is 5.82 Å². The number of nitrogens with zero attached hydrogens (tertiary/aromatic N) is 6. The van der Waals surface area contributed by atoms with E-state index >= 15 is 0 Å². The maximum absolute atomic E-state index is 6.39. The predicted octanol–water partition coefficient (Wildman–Crippen LogP) is 3.87. The summed E-state index contributed by atoms with van der Waals surface area (Å²) in [5.41, 5.74) is 2.34. The molecular weight excluding hydrogens is 364 g/mol. The van der Waals surface area contributed by atoms with Crippen LogP contribution in [0.3, 0.4) is 0 Å². The number of benzene rings is 1. The van der Waals surface area contributed by atoms with Crippen LogP contribution in [0.4, 0.5) is 0 Å². The number of halogens is 1. The topological polar surface area (TPSA) is 72.9 Å². The zero-order chi connectivity index (χ0) is 18.4. The van der Waals surface area contributed by atoms with Crippen molar-refractivity contribution in [3.05, 3.63) is 53.3 Å². The molecule has 1 aliphatic heterocycles. The van der Waals surface area contributed by atoms with Crippen molar-refractivity contribution in [3.8, 4) is 5.69 Å². The van der Waals surface area contributed by atoms with Crippen molar-refractivity contribution in [2.75, 3.05) is 0 Å². The Balaban J connectivity index is 1.44. The van der Waals surface area contributed by atoms with Crippen LogP contribution in [0.2, 0.25) is 0 Å². The highest BCUT2D eigenvalue weighted by molar-refractivity contribution is 6.13. The van der Waals surface area contributed by atoms with E-state index in [1.807, 2.05) is 6.92 Å². The second-order valence-corrected chi connectivity index (χ2v) is 7.90. The van der Waals surface area contributed by atoms with Crippen molar-refractivity contribution in [1.82, 2.24) is 29.4 Å². The summed E-state index contributed by atoms with van der Waals surface area (Å²) in [5, 5.41) is 17.2. The Kier molecular flexibility index (Phi) is 4.21. The largest absolute Gasteiger partial charge is 0.425 e. The Bertz CT molecular complexity index is 959. The van der Waals surface area contributed by atoms with Crippen LogP contribution in [0.5, 0.6) is 0 Å². The first kappa shape index (κ1) is 16.9. The third kappa shape index (κ3) is 3.04. The normalized spacial score (nSPS) is 22.9. The molecule has 8 heteroatoms. The van der Waals surface area contributed by atoms with Gasteiger partial charge < -0.3 is 4.42 Å². The lowest BCUT2D eigenvalue weighted by Crippen LogP contribution is -2.17. The van der Waals surface area contributed by atoms with Crippen molar-refractivity contribution in [1.29, 1.82) is 0 Å². The second-order valence-electron chi connectivity index (χ2n) is 7.43. The number of aromatic nitrogens is 5. The lowest BCUT2D eigenvalue weighted by molar-refractivity contribution is 0.326. The van der Waals surface area contributed by atoms with E-state index in [1.165, 1.54) is 5.56 Å². The standard InChI is InChI=1S/C19H21ClN6O/c1-12-21-24-19(27-12)14-8-6-13(7-9-14)18-23-22-17-11-25(20)10-15-4-2-3-5-16(15)26(17)18/h2-5,13-14H,6-11H2,1H3. The molecule has 0 radical (unpaired) electrons. The molecule has 2 aliphatic rings. The highest BCUT2D eigenvalue weighted by Crippen LogP contribution is 2.41. The van der Waals surface area contributed by atoms with E-state index in [9.17, 15) is 0 Å². The molecule has 2 aromatic heterocycles. The van der Waals surface area contributed by atoms with Crippen molar-refractivity contribution >= 4 is 11.8 Å². The fourth-order valence-corrected chi connectivity index (χ4v) is 4.53. The average molecular weight is 385 g/mol. The number of para-hydroxylation sites is 1. The summed E-state index contributed by atoms with van der Waals surface area (Å²) in [4.78, 5) is 0. The molecule has 3 aromatic rings. The van der Waals surface area contributed by atoms with E-state index in [0.29, 0.717) is 30.8 Å². The van der Waals surface area contributed by atoms with Gasteiger partial charge in [-0.2, -0.15) is 0 Å². The maximum atomic E-state index is 6.39. The van der Waals surface area contributed by atoms with E-state index in [1.54, 1.807) is 4.42 Å². The van der Waals surface area contributed by atoms with E-state index < -0.39 is 0 Å². The first-order valence-corrected chi connectivity index (χ1v) is 9.76. The smallest absolute Gasteiger partial charge is 0.219 e. The molecular formula is C19H21ClN6O. The third-order valence-electron chi connectivity index (χ3n) is 5.63. The fraction of sp³-hybridized carbons (Fsp3) is 0.474. The maximum Gasteiger partial charge on any atom is 0.219 e. The minimum atomic E-state index is 0.347. The number of hydrogen-bond acceptors (Lipinski definition) is 6. The molecule has 0 amide bonds. The summed E-state index contributed by atoms with van der Waals surface area (Å²) in [7, 11) is 0. The van der Waals surface area contributed by atoms with Crippen LogP contribution in [0.15, 0.2) is 28.7 Å². The van der Waals surface area contributed by atoms with Gasteiger partial charge in [0.25, 0.3) is 0 Å². The molecule has 0 saturated heterocycles. The second kappa shape index (κ2) is 6.73. The van der Waals surface area contributed by atoms with Gasteiger partial charge in [-0.25, -0.2) is 4.42 Å². The van der Waals surface area contributed by atoms with Gasteiger partial charge in [-0.05, 0) is 49.1 Å². The first-order chi connectivity index (χ1) is 13.2. The lowest BCUT2D eigenvalue weighted by Gasteiger charge is -2.26. The molecule has 0 N–H and O–H groups in total. The Morgan fingerprint density at radius 1 is 0.963 bits per heavy atom. The first-order valence-electron chi connectivity index (χ1n) is 9.42. The quantitative estimate of drug-likeness (QED) is 0.624. The summed E-state index contributed by atoms with van der Waals surface area (Å²) in [6.07, 6.45) is 4.13. The van der Waals surface area contributed by atoms with E-state index in [4.69, 9.17) is 16.2 Å². The Hall–Kier alpha value is -2.25. The Morgan fingerprint density at radius 3 is 2.52 bits per heavy atom. The van der Waals surface area contributed by atoms with Crippen LogP contribution in [0.1, 0.15) is 66.5 Å². The molecule has 5 rings (SSSR count). The average Bonchev–Trinajstić information content (AvgIpc) is 3.25. The number of aryl methyl sites for hydroxylation is 1. The number of rotatable bonds is 2. The molecule has 140 valence electrons. The molecule has 1 aliphatic carbocycles. The van der Waals surface area contributed by atoms with Gasteiger partial charge in [0, 0.05) is 25.3 Å². The Labute approximate surface area is 162 Å². The van der Waals surface area contributed by atoms with Crippen LogP contribution < -0.4 is 0 Å². The van der Waals surface area contributed by atoms with Gasteiger partial charge in [0.05, 0.1) is 12.2 Å². The molecule has 1 saturated carbocycles. The molecule has 7 nitrogen and oxygen atoms in total.